The molecule has 3 rings (SSSR count). The van der Waals surface area contributed by atoms with Crippen LogP contribution in [-0.2, 0) is 4.74 Å². The number of ether oxygens (including phenoxy) is 2. The lowest BCUT2D eigenvalue weighted by Crippen LogP contribution is -2.40. The van der Waals surface area contributed by atoms with Gasteiger partial charge in [0.1, 0.15) is 5.75 Å². The lowest BCUT2D eigenvalue weighted by atomic mass is 9.95. The number of carbonyl (C=O) groups excluding carboxylic acids is 1. The number of hydrogen-bond acceptors (Lipinski definition) is 6. The van der Waals surface area contributed by atoms with Crippen molar-refractivity contribution in [1.29, 1.82) is 0 Å². The van der Waals surface area contributed by atoms with Crippen molar-refractivity contribution in [2.75, 3.05) is 26.2 Å². The first-order valence-corrected chi connectivity index (χ1v) is 10.2. The number of halogens is 2. The van der Waals surface area contributed by atoms with E-state index in [0.717, 1.165) is 0 Å². The molecule has 170 valence electrons. The van der Waals surface area contributed by atoms with E-state index in [2.05, 4.69) is 5.32 Å². The molecule has 0 aliphatic carbocycles. The van der Waals surface area contributed by atoms with Gasteiger partial charge in [-0.1, -0.05) is 29.3 Å². The lowest BCUT2D eigenvalue weighted by molar-refractivity contribution is -0.384. The smallest absolute Gasteiger partial charge is 0.412 e. The fraction of sp³-hybridized carbons (Fsp3) is 0.300. The van der Waals surface area contributed by atoms with Crippen LogP contribution in [0.1, 0.15) is 11.7 Å². The van der Waals surface area contributed by atoms with Gasteiger partial charge in [0.15, 0.2) is 0 Å². The average Bonchev–Trinajstić information content (AvgIpc) is 2.97. The van der Waals surface area contributed by atoms with E-state index >= 15 is 0 Å². The second-order valence-electron chi connectivity index (χ2n) is 6.98. The summed E-state index contributed by atoms with van der Waals surface area (Å²) in [6.07, 6.45) is -2.44. The summed E-state index contributed by atoms with van der Waals surface area (Å²) < 4.78 is 11.0. The molecule has 0 saturated carbocycles. The van der Waals surface area contributed by atoms with Crippen LogP contribution in [0.2, 0.25) is 10.0 Å². The van der Waals surface area contributed by atoms with E-state index in [1.807, 2.05) is 0 Å². The molecule has 2 amide bonds. The van der Waals surface area contributed by atoms with E-state index < -0.39 is 29.1 Å². The number of carboxylic acid groups (broad SMARTS) is 1. The average molecular weight is 484 g/mol. The zero-order valence-corrected chi connectivity index (χ0v) is 18.1. The van der Waals surface area contributed by atoms with Crippen LogP contribution in [0.15, 0.2) is 42.5 Å². The third-order valence-corrected chi connectivity index (χ3v) is 5.59. The maximum atomic E-state index is 12.2. The first kappa shape index (κ1) is 23.6. The van der Waals surface area contributed by atoms with E-state index in [1.165, 1.54) is 29.2 Å². The highest BCUT2D eigenvalue weighted by molar-refractivity contribution is 6.42. The predicted octanol–water partition coefficient (Wildman–Crippen LogP) is 4.36. The van der Waals surface area contributed by atoms with Gasteiger partial charge in [0, 0.05) is 37.7 Å². The number of nitro benzene ring substituents is 1. The minimum Gasteiger partial charge on any atom is -0.465 e. The number of nitrogens with zero attached hydrogens (tertiary/aromatic N) is 2. The molecule has 2 aromatic rings. The van der Waals surface area contributed by atoms with Crippen LogP contribution < -0.4 is 10.1 Å². The van der Waals surface area contributed by atoms with Crippen molar-refractivity contribution in [3.8, 4) is 5.75 Å². The first-order valence-electron chi connectivity index (χ1n) is 9.49. The number of hydrogen-bond donors (Lipinski definition) is 2. The van der Waals surface area contributed by atoms with E-state index in [-0.39, 0.29) is 37.7 Å². The molecule has 1 heterocycles. The highest BCUT2D eigenvalue weighted by Gasteiger charge is 2.32. The molecule has 1 aliphatic rings. The number of non-ortho nitro benzene ring substituents is 1. The lowest BCUT2D eigenvalue weighted by Gasteiger charge is -2.27. The molecular formula is C20H19Cl2N3O7. The highest BCUT2D eigenvalue weighted by Crippen LogP contribution is 2.33. The van der Waals surface area contributed by atoms with Gasteiger partial charge in [-0.2, -0.15) is 0 Å². The van der Waals surface area contributed by atoms with Crippen molar-refractivity contribution in [3.63, 3.8) is 0 Å². The molecule has 0 bridgehead atoms. The van der Waals surface area contributed by atoms with Gasteiger partial charge in [-0.05, 0) is 29.8 Å². The summed E-state index contributed by atoms with van der Waals surface area (Å²) in [4.78, 5) is 35.1. The molecule has 0 unspecified atom stereocenters. The maximum Gasteiger partial charge on any atom is 0.412 e. The Morgan fingerprint density at radius 1 is 1.22 bits per heavy atom. The second-order valence-corrected chi connectivity index (χ2v) is 7.79. The Bertz CT molecular complexity index is 1000. The Hall–Kier alpha value is -3.08. The van der Waals surface area contributed by atoms with Crippen LogP contribution >= 0.6 is 23.2 Å². The quantitative estimate of drug-likeness (QED) is 0.476. The van der Waals surface area contributed by atoms with Crippen LogP contribution in [-0.4, -0.2) is 53.4 Å². The Morgan fingerprint density at radius 3 is 2.56 bits per heavy atom. The minimum atomic E-state index is -1.10. The van der Waals surface area contributed by atoms with Gasteiger partial charge >= 0.3 is 12.2 Å². The first-order chi connectivity index (χ1) is 15.2. The summed E-state index contributed by atoms with van der Waals surface area (Å²) in [6, 6.07) is 10.0. The fourth-order valence-corrected chi connectivity index (χ4v) is 3.60. The number of nitro groups is 1. The molecule has 12 heteroatoms. The summed E-state index contributed by atoms with van der Waals surface area (Å²) >= 11 is 12.1. The summed E-state index contributed by atoms with van der Waals surface area (Å²) in [5, 5.41) is 23.4. The molecule has 2 aromatic carbocycles. The second kappa shape index (κ2) is 10.5. The van der Waals surface area contributed by atoms with Crippen molar-refractivity contribution < 1.29 is 29.1 Å². The van der Waals surface area contributed by atoms with Crippen LogP contribution in [0, 0.1) is 16.0 Å². The molecule has 0 radical (unpaired) electrons. The van der Waals surface area contributed by atoms with E-state index in [1.54, 1.807) is 18.2 Å². The molecule has 2 atom stereocenters. The van der Waals surface area contributed by atoms with Crippen molar-refractivity contribution in [2.24, 2.45) is 5.92 Å². The highest BCUT2D eigenvalue weighted by atomic mass is 35.5. The Labute approximate surface area is 192 Å². The normalized spacial score (nSPS) is 18.5. The molecule has 1 fully saturated rings. The Balaban J connectivity index is 1.71. The van der Waals surface area contributed by atoms with Crippen LogP contribution in [0.4, 0.5) is 15.3 Å². The molecule has 2 N–H and O–H groups in total. The molecule has 1 saturated heterocycles. The van der Waals surface area contributed by atoms with Crippen LogP contribution in [0.5, 0.6) is 5.75 Å². The van der Waals surface area contributed by atoms with Gasteiger partial charge in [-0.15, -0.1) is 0 Å². The predicted molar refractivity (Wildman–Crippen MR) is 115 cm³/mol. The zero-order valence-electron chi connectivity index (χ0n) is 16.6. The van der Waals surface area contributed by atoms with Crippen LogP contribution in [0.3, 0.4) is 0 Å². The number of carbonyl (C=O) groups is 2. The largest absolute Gasteiger partial charge is 0.465 e. The minimum absolute atomic E-state index is 0.0422. The van der Waals surface area contributed by atoms with Crippen molar-refractivity contribution >= 4 is 41.1 Å². The SMILES string of the molecule is O=C(NC[C@@H]1CN(C(=O)O)CCO[C@H]1c1ccc(Cl)c(Cl)c1)Oc1ccc([N+](=O)[O-])cc1. The van der Waals surface area contributed by atoms with E-state index in [4.69, 9.17) is 32.7 Å². The zero-order chi connectivity index (χ0) is 23.3. The molecule has 0 spiro atoms. The standard InChI is InChI=1S/C20H19Cl2N3O7/c21-16-6-1-12(9-17(16)22)18-13(11-24(20(27)28)7-8-31-18)10-23-19(26)32-15-4-2-14(3-5-15)25(29)30/h1-6,9,13,18H,7-8,10-11H2,(H,23,26)(H,27,28)/t13-,18+/m1/s1. The number of nitrogens with one attached hydrogen (secondary N) is 1. The number of amides is 2. The van der Waals surface area contributed by atoms with Gasteiger partial charge < -0.3 is 24.8 Å². The molecule has 10 nitrogen and oxygen atoms in total. The summed E-state index contributed by atoms with van der Waals surface area (Å²) in [7, 11) is 0. The molecule has 1 aliphatic heterocycles. The molecule has 32 heavy (non-hydrogen) atoms. The van der Waals surface area contributed by atoms with E-state index in [0.29, 0.717) is 15.6 Å². The van der Waals surface area contributed by atoms with Crippen molar-refractivity contribution in [2.45, 2.75) is 6.10 Å². The maximum absolute atomic E-state index is 12.2. The number of rotatable bonds is 5. The molecular weight excluding hydrogens is 465 g/mol. The van der Waals surface area contributed by atoms with Gasteiger partial charge in [0.05, 0.1) is 27.7 Å². The topological polar surface area (TPSA) is 131 Å². The van der Waals surface area contributed by atoms with Gasteiger partial charge in [-0.25, -0.2) is 9.59 Å². The molecule has 0 aromatic heterocycles. The van der Waals surface area contributed by atoms with Gasteiger partial charge in [-0.3, -0.25) is 10.1 Å². The van der Waals surface area contributed by atoms with Gasteiger partial charge in [0.25, 0.3) is 5.69 Å². The van der Waals surface area contributed by atoms with Crippen molar-refractivity contribution in [1.82, 2.24) is 10.2 Å². The Kier molecular flexibility index (Phi) is 7.73. The van der Waals surface area contributed by atoms with Gasteiger partial charge in [0.2, 0.25) is 0 Å². The summed E-state index contributed by atoms with van der Waals surface area (Å²) in [6.45, 7) is 0.496. The van der Waals surface area contributed by atoms with Crippen molar-refractivity contribution in [3.05, 3.63) is 68.2 Å². The third-order valence-electron chi connectivity index (χ3n) is 4.85. The van der Waals surface area contributed by atoms with E-state index in [9.17, 15) is 24.8 Å². The summed E-state index contributed by atoms with van der Waals surface area (Å²) in [5.74, 6) is -0.325. The summed E-state index contributed by atoms with van der Waals surface area (Å²) in [5.41, 5.74) is 0.564. The third kappa shape index (κ3) is 6.00. The monoisotopic (exact) mass is 483 g/mol. The fourth-order valence-electron chi connectivity index (χ4n) is 3.29. The van der Waals surface area contributed by atoms with Crippen LogP contribution in [0.25, 0.3) is 0 Å². The Morgan fingerprint density at radius 2 is 1.94 bits per heavy atom. The number of benzene rings is 2.